The van der Waals surface area contributed by atoms with Gasteiger partial charge in [-0.2, -0.15) is 0 Å². The van der Waals surface area contributed by atoms with Crippen LogP contribution in [0.5, 0.6) is 0 Å². The zero-order chi connectivity index (χ0) is 55.9. The van der Waals surface area contributed by atoms with Gasteiger partial charge in [0.15, 0.2) is 0 Å². The lowest BCUT2D eigenvalue weighted by Crippen LogP contribution is -2.24. The maximum absolute atomic E-state index is 6.80. The lowest BCUT2D eigenvalue weighted by molar-refractivity contribution is 1.68. The topological polar surface area (TPSA) is 0 Å². The number of hydrogen-bond acceptors (Lipinski definition) is 2. The first kappa shape index (κ1) is 50.6. The second-order valence-corrected chi connectivity index (χ2v) is 30.9. The zero-order valence-electron chi connectivity index (χ0n) is 45.7. The molecule has 0 fully saturated rings. The Kier molecular flexibility index (Phi) is 12.3. The first-order valence-corrected chi connectivity index (χ1v) is 34.3. The van der Waals surface area contributed by atoms with E-state index in [1.807, 2.05) is 0 Å². The molecule has 4 heteroatoms. The Bertz CT molecular complexity index is 4960. The van der Waals surface area contributed by atoms with E-state index in [0.717, 1.165) is 0 Å². The number of benzene rings is 16. The Morgan fingerprint density at radius 3 is 0.750 bits per heavy atom. The maximum atomic E-state index is 6.80. The minimum Gasteiger partial charge on any atom is -0.0826 e. The Balaban J connectivity index is 0.820. The summed E-state index contributed by atoms with van der Waals surface area (Å²) in [5.74, 6) is 0. The fraction of sp³-hybridized carbons (Fsp3) is 0. The van der Waals surface area contributed by atoms with Gasteiger partial charge in [-0.1, -0.05) is 315 Å². The summed E-state index contributed by atoms with van der Waals surface area (Å²) in [6.45, 7) is 0. The fourth-order valence-electron chi connectivity index (χ4n) is 13.5. The third kappa shape index (κ3) is 8.16. The van der Waals surface area contributed by atoms with Crippen molar-refractivity contribution in [3.63, 3.8) is 0 Å². The van der Waals surface area contributed by atoms with Crippen LogP contribution in [-0.2, 0) is 23.6 Å². The molecule has 0 amide bonds. The van der Waals surface area contributed by atoms with E-state index < -0.39 is 12.1 Å². The van der Waals surface area contributed by atoms with Crippen LogP contribution in [0.2, 0.25) is 0 Å². The van der Waals surface area contributed by atoms with Gasteiger partial charge in [0.25, 0.3) is 0 Å². The molecule has 16 aromatic rings. The number of fused-ring (bicyclic) bond motifs is 12. The average molecular weight is 1140 g/mol. The van der Waals surface area contributed by atoms with Gasteiger partial charge in [-0.15, -0.1) is 0 Å². The predicted octanol–water partition coefficient (Wildman–Crippen LogP) is 19.4. The lowest BCUT2D eigenvalue weighted by Gasteiger charge is -2.24. The highest BCUT2D eigenvalue weighted by atomic mass is 32.4. The Labute approximate surface area is 499 Å². The van der Waals surface area contributed by atoms with Gasteiger partial charge in [0.2, 0.25) is 0 Å². The van der Waals surface area contributed by atoms with Crippen molar-refractivity contribution in [3.05, 3.63) is 315 Å². The molecule has 0 aliphatic heterocycles. The fourth-order valence-corrected chi connectivity index (χ4v) is 21.0. The zero-order valence-corrected chi connectivity index (χ0v) is 49.2. The summed E-state index contributed by atoms with van der Waals surface area (Å²) in [6.07, 6.45) is 0. The minimum absolute atomic E-state index is 1.18. The summed E-state index contributed by atoms with van der Waals surface area (Å²) in [5, 5.41) is 27.0. The lowest BCUT2D eigenvalue weighted by atomic mass is 9.87. The van der Waals surface area contributed by atoms with Crippen LogP contribution in [-0.4, -0.2) is 0 Å². The largest absolute Gasteiger partial charge is 0.0826 e. The van der Waals surface area contributed by atoms with Crippen molar-refractivity contribution in [2.24, 2.45) is 0 Å². The third-order valence-electron chi connectivity index (χ3n) is 17.6. The maximum Gasteiger partial charge on any atom is 0.0379 e. The molecule has 84 heavy (non-hydrogen) atoms. The molecule has 0 bridgehead atoms. The first-order chi connectivity index (χ1) is 41.4. The summed E-state index contributed by atoms with van der Waals surface area (Å²) < 4.78 is 0. The summed E-state index contributed by atoms with van der Waals surface area (Å²) in [5.41, 5.74) is 7.23. The SMILES string of the molecule is S=P(c1ccccc1)(c1ccccc1)c1ccc(-c2c3ccc4ccccc4c3cc3c2ccc2cc(-c4ccc5c(ccc6c(-c7ccc(P(=S)(c8ccccc8)c8ccccc8)cc7)c7ccc8ccccc8c7cc65)c4)ccc23)cc1. The van der Waals surface area contributed by atoms with Gasteiger partial charge in [0, 0.05) is 12.1 Å². The molecule has 0 radical (unpaired) electrons. The van der Waals surface area contributed by atoms with Gasteiger partial charge in [-0.25, -0.2) is 0 Å². The van der Waals surface area contributed by atoms with Gasteiger partial charge < -0.3 is 0 Å². The van der Waals surface area contributed by atoms with E-state index in [-0.39, 0.29) is 0 Å². The van der Waals surface area contributed by atoms with E-state index in [1.54, 1.807) is 0 Å². The molecule has 0 N–H and O–H groups in total. The van der Waals surface area contributed by atoms with Crippen molar-refractivity contribution in [2.45, 2.75) is 0 Å². The summed E-state index contributed by atoms with van der Waals surface area (Å²) in [6, 6.07) is 112. The van der Waals surface area contributed by atoms with Gasteiger partial charge in [-0.05, 0) is 176 Å². The quantitative estimate of drug-likeness (QED) is 0.0803. The van der Waals surface area contributed by atoms with Gasteiger partial charge in [-0.3, -0.25) is 0 Å². The van der Waals surface area contributed by atoms with Crippen LogP contribution in [0.15, 0.2) is 315 Å². The highest BCUT2D eigenvalue weighted by Gasteiger charge is 2.27. The molecule has 0 aromatic heterocycles. The van der Waals surface area contributed by atoms with Gasteiger partial charge in [0.1, 0.15) is 0 Å². The highest BCUT2D eigenvalue weighted by molar-refractivity contribution is 8.26. The van der Waals surface area contributed by atoms with Crippen molar-refractivity contribution in [1.82, 2.24) is 0 Å². The van der Waals surface area contributed by atoms with Crippen LogP contribution in [0.3, 0.4) is 0 Å². The second-order valence-electron chi connectivity index (χ2n) is 22.1. The van der Waals surface area contributed by atoms with Crippen molar-refractivity contribution < 1.29 is 0 Å². The molecule has 0 spiro atoms. The van der Waals surface area contributed by atoms with Crippen molar-refractivity contribution in [2.75, 3.05) is 0 Å². The second kappa shape index (κ2) is 20.4. The summed E-state index contributed by atoms with van der Waals surface area (Å²) in [7, 11) is 0. The minimum atomic E-state index is -2.33. The van der Waals surface area contributed by atoms with Gasteiger partial charge >= 0.3 is 0 Å². The molecule has 394 valence electrons. The summed E-state index contributed by atoms with van der Waals surface area (Å²) in [4.78, 5) is 0. The van der Waals surface area contributed by atoms with Crippen LogP contribution < -0.4 is 31.8 Å². The standard InChI is InChI=1S/C80H52P2S2/c83-81(61-19-5-1-6-20-61,62-21-7-2-8-22-62)65-39-29-55(30-40-65)79-71-45-33-53-17-13-15-27-67(53)75(71)51-77-69-43-35-57(49-59(69)37-47-73(77)79)58-36-44-70-60(50-58)38-48-74-78(70)52-76-68-28-16-14-18-54(68)34-46-72(76)80(74)56-31-41-66(42-32-56)82(84,63-23-9-3-10-24-63)64-25-11-4-12-26-64/h1-52H. The predicted molar refractivity (Wildman–Crippen MR) is 375 cm³/mol. The first-order valence-electron chi connectivity index (χ1n) is 28.7. The molecule has 0 aliphatic rings. The molecule has 0 heterocycles. The number of hydrogen-bond donors (Lipinski definition) is 0. The molecule has 16 aromatic carbocycles. The number of rotatable bonds is 9. The Morgan fingerprint density at radius 2 is 0.417 bits per heavy atom. The molecule has 0 atom stereocenters. The third-order valence-corrected chi connectivity index (χ3v) is 27.5. The van der Waals surface area contributed by atoms with Gasteiger partial charge in [0.05, 0.1) is 0 Å². The van der Waals surface area contributed by atoms with E-state index in [2.05, 4.69) is 315 Å². The van der Waals surface area contributed by atoms with Crippen molar-refractivity contribution >= 4 is 154 Å². The van der Waals surface area contributed by atoms with Crippen LogP contribution in [0.25, 0.3) is 120 Å². The molecule has 0 saturated heterocycles. The Morgan fingerprint density at radius 1 is 0.167 bits per heavy atom. The molecule has 0 saturated carbocycles. The van der Waals surface area contributed by atoms with E-state index in [9.17, 15) is 0 Å². The molecule has 16 rings (SSSR count). The smallest absolute Gasteiger partial charge is 0.0379 e. The van der Waals surface area contributed by atoms with E-state index >= 15 is 0 Å². The Hall–Kier alpha value is -9.10. The average Bonchev–Trinajstić information content (AvgIpc) is 1.45. The highest BCUT2D eigenvalue weighted by Crippen LogP contribution is 2.48. The van der Waals surface area contributed by atoms with Crippen LogP contribution in [0.1, 0.15) is 0 Å². The summed E-state index contributed by atoms with van der Waals surface area (Å²) >= 11 is 13.6. The van der Waals surface area contributed by atoms with E-state index in [4.69, 9.17) is 23.6 Å². The van der Waals surface area contributed by atoms with Crippen molar-refractivity contribution in [1.29, 1.82) is 0 Å². The van der Waals surface area contributed by atoms with E-state index in [0.29, 0.717) is 0 Å². The molecule has 0 nitrogen and oxygen atoms in total. The normalized spacial score (nSPS) is 12.1. The molecular weight excluding hydrogens is 1090 g/mol. The van der Waals surface area contributed by atoms with Crippen LogP contribution in [0.4, 0.5) is 0 Å². The van der Waals surface area contributed by atoms with E-state index in [1.165, 1.54) is 151 Å². The monoisotopic (exact) mass is 1140 g/mol. The van der Waals surface area contributed by atoms with Crippen LogP contribution >= 0.6 is 12.1 Å². The molecule has 0 unspecified atom stereocenters. The van der Waals surface area contributed by atoms with Crippen LogP contribution in [0, 0.1) is 0 Å². The molecular formula is C80H52P2S2. The molecule has 0 aliphatic carbocycles. The van der Waals surface area contributed by atoms with Crippen molar-refractivity contribution in [3.8, 4) is 33.4 Å².